The molecule has 7 heteroatoms. The van der Waals surface area contributed by atoms with Crippen LogP contribution in [0, 0.1) is 19.3 Å². The van der Waals surface area contributed by atoms with Crippen LogP contribution in [-0.2, 0) is 29.6 Å². The van der Waals surface area contributed by atoms with E-state index in [2.05, 4.69) is 10.1 Å². The molecule has 4 rings (SSSR count). The fourth-order valence-corrected chi connectivity index (χ4v) is 4.76. The van der Waals surface area contributed by atoms with Crippen molar-refractivity contribution in [2.24, 2.45) is 12.5 Å². The van der Waals surface area contributed by atoms with Gasteiger partial charge >= 0.3 is 0 Å². The van der Waals surface area contributed by atoms with Gasteiger partial charge in [0.15, 0.2) is 0 Å². The van der Waals surface area contributed by atoms with Gasteiger partial charge in [-0.05, 0) is 50.8 Å². The maximum Gasteiger partial charge on any atom is 0.231 e. The fraction of sp³-hybridized carbons (Fsp3) is 0.545. The predicted octanol–water partition coefficient (Wildman–Crippen LogP) is 2.02. The van der Waals surface area contributed by atoms with Crippen LogP contribution in [0.3, 0.4) is 0 Å². The van der Waals surface area contributed by atoms with Gasteiger partial charge in [-0.2, -0.15) is 5.10 Å². The smallest absolute Gasteiger partial charge is 0.231 e. The molecule has 2 aromatic heterocycles. The molecule has 2 aliphatic heterocycles. The molecule has 2 saturated heterocycles. The van der Waals surface area contributed by atoms with Gasteiger partial charge in [-0.25, -0.2) is 0 Å². The Balaban J connectivity index is 1.36. The Morgan fingerprint density at radius 3 is 2.69 bits per heavy atom. The average molecular weight is 396 g/mol. The molecule has 29 heavy (non-hydrogen) atoms. The molecule has 0 bridgehead atoms. The van der Waals surface area contributed by atoms with Crippen molar-refractivity contribution in [3.8, 4) is 0 Å². The van der Waals surface area contributed by atoms with Crippen molar-refractivity contribution in [2.75, 3.05) is 19.6 Å². The first-order valence-corrected chi connectivity index (χ1v) is 10.4. The highest BCUT2D eigenvalue weighted by molar-refractivity contribution is 5.87. The van der Waals surface area contributed by atoms with Crippen LogP contribution < -0.4 is 0 Å². The molecular formula is C22H29N5O2. The minimum absolute atomic E-state index is 0.139. The van der Waals surface area contributed by atoms with Crippen molar-refractivity contribution in [2.45, 2.75) is 46.1 Å². The number of aryl methyl sites for hydroxylation is 2. The third-order valence-electron chi connectivity index (χ3n) is 6.63. The molecule has 1 unspecified atom stereocenters. The van der Waals surface area contributed by atoms with Gasteiger partial charge in [0.25, 0.3) is 0 Å². The summed E-state index contributed by atoms with van der Waals surface area (Å²) in [5, 5.41) is 4.43. The van der Waals surface area contributed by atoms with E-state index < -0.39 is 5.41 Å². The van der Waals surface area contributed by atoms with Crippen molar-refractivity contribution in [3.05, 3.63) is 47.0 Å². The van der Waals surface area contributed by atoms with Gasteiger partial charge < -0.3 is 9.80 Å². The summed E-state index contributed by atoms with van der Waals surface area (Å²) >= 11 is 0. The van der Waals surface area contributed by atoms with E-state index in [0.29, 0.717) is 32.5 Å². The summed E-state index contributed by atoms with van der Waals surface area (Å²) in [6.45, 7) is 6.55. The Hall–Kier alpha value is -2.70. The molecule has 0 radical (unpaired) electrons. The number of hydrogen-bond acceptors (Lipinski definition) is 4. The first kappa shape index (κ1) is 19.6. The lowest BCUT2D eigenvalue weighted by molar-refractivity contribution is -0.137. The van der Waals surface area contributed by atoms with Gasteiger partial charge in [-0.15, -0.1) is 0 Å². The maximum absolute atomic E-state index is 13.1. The number of carbonyl (C=O) groups is 2. The van der Waals surface area contributed by atoms with E-state index in [1.54, 1.807) is 6.20 Å². The second-order valence-corrected chi connectivity index (χ2v) is 8.42. The first-order valence-electron chi connectivity index (χ1n) is 10.4. The normalized spacial score (nSPS) is 21.6. The minimum Gasteiger partial charge on any atom is -0.342 e. The van der Waals surface area contributed by atoms with E-state index in [9.17, 15) is 9.59 Å². The van der Waals surface area contributed by atoms with Gasteiger partial charge in [0.2, 0.25) is 11.8 Å². The Kier molecular flexibility index (Phi) is 5.15. The number of likely N-dealkylation sites (tertiary alicyclic amines) is 2. The molecule has 0 saturated carbocycles. The first-order chi connectivity index (χ1) is 13.9. The molecule has 2 aromatic rings. The molecule has 0 aromatic carbocycles. The van der Waals surface area contributed by atoms with E-state index in [4.69, 9.17) is 0 Å². The van der Waals surface area contributed by atoms with Crippen LogP contribution in [0.25, 0.3) is 0 Å². The molecule has 1 atom stereocenters. The topological polar surface area (TPSA) is 71.3 Å². The Labute approximate surface area is 171 Å². The van der Waals surface area contributed by atoms with Gasteiger partial charge in [0.1, 0.15) is 0 Å². The van der Waals surface area contributed by atoms with Crippen LogP contribution in [0.4, 0.5) is 0 Å². The summed E-state index contributed by atoms with van der Waals surface area (Å²) in [6.07, 6.45) is 4.51. The van der Waals surface area contributed by atoms with Crippen molar-refractivity contribution in [1.82, 2.24) is 24.6 Å². The summed E-state index contributed by atoms with van der Waals surface area (Å²) in [4.78, 5) is 34.1. The molecule has 154 valence electrons. The van der Waals surface area contributed by atoms with E-state index >= 15 is 0 Å². The third kappa shape index (κ3) is 3.66. The van der Waals surface area contributed by atoms with E-state index in [1.807, 2.05) is 53.6 Å². The Morgan fingerprint density at radius 2 is 2.00 bits per heavy atom. The number of carbonyl (C=O) groups excluding carboxylic acids is 2. The second kappa shape index (κ2) is 7.61. The van der Waals surface area contributed by atoms with Gasteiger partial charge in [0.05, 0.1) is 23.3 Å². The molecule has 0 aliphatic carbocycles. The summed E-state index contributed by atoms with van der Waals surface area (Å²) in [6, 6.07) is 5.78. The summed E-state index contributed by atoms with van der Waals surface area (Å²) < 4.78 is 1.87. The highest BCUT2D eigenvalue weighted by Crippen LogP contribution is 2.41. The van der Waals surface area contributed by atoms with Gasteiger partial charge in [0, 0.05) is 45.0 Å². The van der Waals surface area contributed by atoms with Crippen LogP contribution >= 0.6 is 0 Å². The number of hydrogen-bond donors (Lipinski definition) is 0. The van der Waals surface area contributed by atoms with Gasteiger partial charge in [-0.1, -0.05) is 6.07 Å². The van der Waals surface area contributed by atoms with E-state index in [-0.39, 0.29) is 11.8 Å². The lowest BCUT2D eigenvalue weighted by atomic mass is 9.85. The number of pyridine rings is 1. The maximum atomic E-state index is 13.1. The van der Waals surface area contributed by atoms with Crippen molar-refractivity contribution >= 4 is 11.8 Å². The van der Waals surface area contributed by atoms with Gasteiger partial charge in [-0.3, -0.25) is 19.3 Å². The molecule has 1 spiro atoms. The molecule has 2 fully saturated rings. The molecule has 0 N–H and O–H groups in total. The third-order valence-corrected chi connectivity index (χ3v) is 6.63. The molecule has 4 heterocycles. The van der Waals surface area contributed by atoms with E-state index in [1.165, 1.54) is 0 Å². The summed E-state index contributed by atoms with van der Waals surface area (Å²) in [7, 11) is 1.93. The Morgan fingerprint density at radius 1 is 1.21 bits per heavy atom. The Bertz CT molecular complexity index is 923. The molecule has 2 amide bonds. The summed E-state index contributed by atoms with van der Waals surface area (Å²) in [5.74, 6) is 0.318. The highest BCUT2D eigenvalue weighted by Gasteiger charge is 2.51. The van der Waals surface area contributed by atoms with Crippen molar-refractivity contribution in [1.29, 1.82) is 0 Å². The molecule has 7 nitrogen and oxygen atoms in total. The highest BCUT2D eigenvalue weighted by atomic mass is 16.2. The minimum atomic E-state index is -0.398. The average Bonchev–Trinajstić information content (AvgIpc) is 3.35. The largest absolute Gasteiger partial charge is 0.342 e. The SMILES string of the molecule is Cc1nn(C)c(C)c1CCC(=O)N1CCC2(CCN(Cc3ccccn3)C2=O)C1. The quantitative estimate of drug-likeness (QED) is 0.777. The second-order valence-electron chi connectivity index (χ2n) is 8.42. The zero-order valence-electron chi connectivity index (χ0n) is 17.5. The standard InChI is InChI=1S/C22H29N5O2/c1-16-19(17(2)25(3)24-16)7-8-20(28)27-13-10-22(15-27)9-12-26(21(22)29)14-18-6-4-5-11-23-18/h4-6,11H,7-10,12-15H2,1-3H3. The number of amides is 2. The van der Waals surface area contributed by atoms with E-state index in [0.717, 1.165) is 42.0 Å². The van der Waals surface area contributed by atoms with Crippen LogP contribution in [-0.4, -0.2) is 56.0 Å². The number of aromatic nitrogens is 3. The number of nitrogens with zero attached hydrogens (tertiary/aromatic N) is 5. The van der Waals surface area contributed by atoms with Crippen LogP contribution in [0.5, 0.6) is 0 Å². The van der Waals surface area contributed by atoms with Crippen LogP contribution in [0.2, 0.25) is 0 Å². The zero-order chi connectivity index (χ0) is 20.6. The lowest BCUT2D eigenvalue weighted by Gasteiger charge is -2.23. The molecular weight excluding hydrogens is 366 g/mol. The monoisotopic (exact) mass is 395 g/mol. The lowest BCUT2D eigenvalue weighted by Crippen LogP contribution is -2.38. The zero-order valence-corrected chi connectivity index (χ0v) is 17.5. The predicted molar refractivity (Wildman–Crippen MR) is 109 cm³/mol. The van der Waals surface area contributed by atoms with Crippen LogP contribution in [0.15, 0.2) is 24.4 Å². The molecule has 2 aliphatic rings. The van der Waals surface area contributed by atoms with Crippen LogP contribution in [0.1, 0.15) is 41.9 Å². The van der Waals surface area contributed by atoms with Crippen molar-refractivity contribution in [3.63, 3.8) is 0 Å². The van der Waals surface area contributed by atoms with Crippen molar-refractivity contribution < 1.29 is 9.59 Å². The number of rotatable bonds is 5. The fourth-order valence-electron chi connectivity index (χ4n) is 4.76. The summed E-state index contributed by atoms with van der Waals surface area (Å²) in [5.41, 5.74) is 3.78.